The minimum Gasteiger partial charge on any atom is -0.398 e. The number of hydrogen-bond acceptors (Lipinski definition) is 2. The molecule has 0 aromatic heterocycles. The molecule has 0 radical (unpaired) electrons. The molecule has 0 aliphatic heterocycles. The number of thioether (sulfide) groups is 1. The molecule has 12 heavy (non-hydrogen) atoms. The fraction of sp³-hybridized carbons (Fsp3) is 0.400. The summed E-state index contributed by atoms with van der Waals surface area (Å²) in [5.41, 5.74) is 6.69. The zero-order valence-corrected chi connectivity index (χ0v) is 8.40. The van der Waals surface area contributed by atoms with Gasteiger partial charge < -0.3 is 5.73 Å². The second-order valence-electron chi connectivity index (χ2n) is 2.87. The third-order valence-electron chi connectivity index (χ3n) is 1.82. The topological polar surface area (TPSA) is 26.0 Å². The lowest BCUT2D eigenvalue weighted by Crippen LogP contribution is -1.94. The van der Waals surface area contributed by atoms with Crippen molar-refractivity contribution in [3.05, 3.63) is 24.3 Å². The molecule has 0 fully saturated rings. The van der Waals surface area contributed by atoms with Crippen LogP contribution in [0.15, 0.2) is 29.2 Å². The lowest BCUT2D eigenvalue weighted by molar-refractivity contribution is 0.906. The fourth-order valence-electron chi connectivity index (χ4n) is 0.888. The highest BCUT2D eigenvalue weighted by Crippen LogP contribution is 2.29. The molecule has 0 aliphatic rings. The van der Waals surface area contributed by atoms with Gasteiger partial charge in [-0.05, 0) is 18.6 Å². The van der Waals surface area contributed by atoms with Gasteiger partial charge in [0.05, 0.1) is 0 Å². The van der Waals surface area contributed by atoms with Crippen molar-refractivity contribution in [2.24, 2.45) is 0 Å². The van der Waals surface area contributed by atoms with Crippen LogP contribution >= 0.6 is 11.8 Å². The Hall–Kier alpha value is -0.630. The number of anilines is 1. The molecule has 0 saturated carbocycles. The smallest absolute Gasteiger partial charge is 0.0452 e. The Bertz CT molecular complexity index is 247. The van der Waals surface area contributed by atoms with E-state index >= 15 is 0 Å². The summed E-state index contributed by atoms with van der Waals surface area (Å²) in [6, 6.07) is 8.02. The molecule has 1 nitrogen and oxygen atoms in total. The van der Waals surface area contributed by atoms with E-state index in [4.69, 9.17) is 5.73 Å². The van der Waals surface area contributed by atoms with Crippen molar-refractivity contribution >= 4 is 17.4 Å². The second kappa shape index (κ2) is 4.41. The first kappa shape index (κ1) is 9.46. The molecular formula is C10H15NS. The quantitative estimate of drug-likeness (QED) is 0.572. The van der Waals surface area contributed by atoms with Gasteiger partial charge in [-0.3, -0.25) is 0 Å². The van der Waals surface area contributed by atoms with Gasteiger partial charge >= 0.3 is 0 Å². The summed E-state index contributed by atoms with van der Waals surface area (Å²) in [5, 5.41) is 0.648. The van der Waals surface area contributed by atoms with Gasteiger partial charge in [0.25, 0.3) is 0 Å². The summed E-state index contributed by atoms with van der Waals surface area (Å²) in [7, 11) is 0. The normalized spacial score (nSPS) is 12.8. The zero-order chi connectivity index (χ0) is 8.97. The lowest BCUT2D eigenvalue weighted by atomic mass is 10.3. The number of para-hydroxylation sites is 1. The van der Waals surface area contributed by atoms with Crippen molar-refractivity contribution in [2.75, 3.05) is 5.73 Å². The Kier molecular flexibility index (Phi) is 3.48. The number of rotatable bonds is 3. The van der Waals surface area contributed by atoms with E-state index in [1.807, 2.05) is 30.0 Å². The van der Waals surface area contributed by atoms with Crippen LogP contribution in [-0.4, -0.2) is 5.25 Å². The Morgan fingerprint density at radius 3 is 2.67 bits per heavy atom. The third kappa shape index (κ3) is 2.45. The molecule has 66 valence electrons. The average molecular weight is 181 g/mol. The van der Waals surface area contributed by atoms with Gasteiger partial charge in [-0.1, -0.05) is 26.0 Å². The van der Waals surface area contributed by atoms with E-state index in [2.05, 4.69) is 19.9 Å². The maximum atomic E-state index is 5.80. The predicted molar refractivity (Wildman–Crippen MR) is 56.5 cm³/mol. The van der Waals surface area contributed by atoms with Crippen LogP contribution in [0.5, 0.6) is 0 Å². The van der Waals surface area contributed by atoms with Gasteiger partial charge in [-0.2, -0.15) is 0 Å². The Labute approximate surface area is 78.4 Å². The zero-order valence-electron chi connectivity index (χ0n) is 7.58. The van der Waals surface area contributed by atoms with Gasteiger partial charge in [0, 0.05) is 15.8 Å². The minimum absolute atomic E-state index is 0.648. The summed E-state index contributed by atoms with van der Waals surface area (Å²) >= 11 is 1.85. The monoisotopic (exact) mass is 181 g/mol. The summed E-state index contributed by atoms with van der Waals surface area (Å²) in [5.74, 6) is 0. The third-order valence-corrected chi connectivity index (χ3v) is 3.18. The van der Waals surface area contributed by atoms with Crippen LogP contribution in [0.25, 0.3) is 0 Å². The van der Waals surface area contributed by atoms with Crippen LogP contribution in [0.4, 0.5) is 5.69 Å². The van der Waals surface area contributed by atoms with E-state index in [0.717, 1.165) is 5.69 Å². The second-order valence-corrected chi connectivity index (χ2v) is 4.35. The van der Waals surface area contributed by atoms with Gasteiger partial charge in [-0.25, -0.2) is 0 Å². The first-order valence-corrected chi connectivity index (χ1v) is 5.13. The van der Waals surface area contributed by atoms with E-state index in [0.29, 0.717) is 5.25 Å². The van der Waals surface area contributed by atoms with Gasteiger partial charge in [0.1, 0.15) is 0 Å². The molecule has 1 aromatic rings. The SMILES string of the molecule is CC[C@@H](C)Sc1ccccc1N. The van der Waals surface area contributed by atoms with E-state index in [1.165, 1.54) is 11.3 Å². The number of nitrogens with two attached hydrogens (primary N) is 1. The van der Waals surface area contributed by atoms with E-state index < -0.39 is 0 Å². The molecule has 0 amide bonds. The van der Waals surface area contributed by atoms with Gasteiger partial charge in [0.2, 0.25) is 0 Å². The summed E-state index contributed by atoms with van der Waals surface area (Å²) in [6.45, 7) is 4.41. The number of nitrogen functional groups attached to an aromatic ring is 1. The molecule has 1 aromatic carbocycles. The summed E-state index contributed by atoms with van der Waals surface area (Å²) in [4.78, 5) is 1.20. The molecule has 0 aliphatic carbocycles. The van der Waals surface area contributed by atoms with Crippen molar-refractivity contribution in [2.45, 2.75) is 30.4 Å². The standard InChI is InChI=1S/C10H15NS/c1-3-8(2)12-10-7-5-4-6-9(10)11/h4-8H,3,11H2,1-2H3/t8-/m1/s1. The van der Waals surface area contributed by atoms with Crippen LogP contribution in [0, 0.1) is 0 Å². The molecule has 0 unspecified atom stereocenters. The summed E-state index contributed by atoms with van der Waals surface area (Å²) in [6.07, 6.45) is 1.18. The van der Waals surface area contributed by atoms with Crippen molar-refractivity contribution in [3.8, 4) is 0 Å². The Morgan fingerprint density at radius 1 is 1.42 bits per heavy atom. The predicted octanol–water partition coefficient (Wildman–Crippen LogP) is 3.16. The van der Waals surface area contributed by atoms with Crippen molar-refractivity contribution in [3.63, 3.8) is 0 Å². The lowest BCUT2D eigenvalue weighted by Gasteiger charge is -2.09. The highest BCUT2D eigenvalue weighted by molar-refractivity contribution is 8.00. The first-order chi connectivity index (χ1) is 5.74. The average Bonchev–Trinajstić information content (AvgIpc) is 2.09. The van der Waals surface area contributed by atoms with E-state index in [-0.39, 0.29) is 0 Å². The van der Waals surface area contributed by atoms with Crippen molar-refractivity contribution < 1.29 is 0 Å². The van der Waals surface area contributed by atoms with Crippen LogP contribution in [0.1, 0.15) is 20.3 Å². The van der Waals surface area contributed by atoms with Crippen LogP contribution in [0.2, 0.25) is 0 Å². The number of benzene rings is 1. The Balaban J connectivity index is 2.69. The van der Waals surface area contributed by atoms with E-state index in [1.54, 1.807) is 0 Å². The molecule has 2 N–H and O–H groups in total. The van der Waals surface area contributed by atoms with Crippen molar-refractivity contribution in [1.82, 2.24) is 0 Å². The molecule has 0 spiro atoms. The molecule has 1 atom stereocenters. The highest BCUT2D eigenvalue weighted by atomic mass is 32.2. The van der Waals surface area contributed by atoms with Gasteiger partial charge in [-0.15, -0.1) is 11.8 Å². The minimum atomic E-state index is 0.648. The molecule has 0 heterocycles. The molecule has 0 bridgehead atoms. The first-order valence-electron chi connectivity index (χ1n) is 4.25. The largest absolute Gasteiger partial charge is 0.398 e. The maximum Gasteiger partial charge on any atom is 0.0452 e. The summed E-state index contributed by atoms with van der Waals surface area (Å²) < 4.78 is 0. The highest BCUT2D eigenvalue weighted by Gasteiger charge is 2.03. The Morgan fingerprint density at radius 2 is 2.08 bits per heavy atom. The fourth-order valence-corrected chi connectivity index (χ4v) is 1.85. The molecular weight excluding hydrogens is 166 g/mol. The molecule has 0 saturated heterocycles. The van der Waals surface area contributed by atoms with Crippen LogP contribution in [-0.2, 0) is 0 Å². The molecule has 2 heteroatoms. The maximum absolute atomic E-state index is 5.80. The van der Waals surface area contributed by atoms with Crippen LogP contribution < -0.4 is 5.73 Å². The van der Waals surface area contributed by atoms with E-state index in [9.17, 15) is 0 Å². The molecule has 1 rings (SSSR count). The van der Waals surface area contributed by atoms with Crippen molar-refractivity contribution in [1.29, 1.82) is 0 Å². The van der Waals surface area contributed by atoms with Gasteiger partial charge in [0.15, 0.2) is 0 Å². The van der Waals surface area contributed by atoms with Crippen LogP contribution in [0.3, 0.4) is 0 Å². The number of hydrogen-bond donors (Lipinski definition) is 1.